The van der Waals surface area contributed by atoms with E-state index in [1.165, 1.54) is 0 Å². The largest absolute Gasteiger partial charge is 0.598 e. The summed E-state index contributed by atoms with van der Waals surface area (Å²) in [5.41, 5.74) is 0. The lowest BCUT2D eigenvalue weighted by Crippen LogP contribution is -2.21. The van der Waals surface area contributed by atoms with Crippen LogP contribution in [0.5, 0.6) is 0 Å². The lowest BCUT2D eigenvalue weighted by molar-refractivity contribution is -0.129. The normalized spacial score (nSPS) is 15.7. The van der Waals surface area contributed by atoms with E-state index < -0.39 is 29.7 Å². The second kappa shape index (κ2) is 3.28. The molecule has 0 spiro atoms. The summed E-state index contributed by atoms with van der Waals surface area (Å²) >= 11 is -1.83. The van der Waals surface area contributed by atoms with Crippen molar-refractivity contribution in [1.29, 1.82) is 0 Å². The zero-order valence-electron chi connectivity index (χ0n) is 4.44. The molecule has 0 saturated carbocycles. The number of hydrogen-bond donors (Lipinski definition) is 1. The first-order chi connectivity index (χ1) is 3.92. The van der Waals surface area contributed by atoms with Gasteiger partial charge in [-0.15, -0.1) is 0 Å². The Kier molecular flexibility index (Phi) is 3.31. The van der Waals surface area contributed by atoms with Crippen molar-refractivity contribution in [3.8, 4) is 0 Å². The smallest absolute Gasteiger partial charge is 0.393 e. The molecule has 0 aromatic carbocycles. The molecule has 0 aliphatic heterocycles. The molecule has 6 heteroatoms. The molecular formula is C3H6F3NOS. The van der Waals surface area contributed by atoms with Crippen LogP contribution in [0.15, 0.2) is 0 Å². The number of halogens is 3. The van der Waals surface area contributed by atoms with E-state index in [-0.39, 0.29) is 0 Å². The van der Waals surface area contributed by atoms with Crippen molar-refractivity contribution in [2.24, 2.45) is 5.14 Å². The SMILES string of the molecule is N[S+]([O-])CCC(F)(F)F. The van der Waals surface area contributed by atoms with Crippen LogP contribution in [0.2, 0.25) is 0 Å². The van der Waals surface area contributed by atoms with E-state index in [2.05, 4.69) is 5.14 Å². The second-order valence-electron chi connectivity index (χ2n) is 1.45. The van der Waals surface area contributed by atoms with Crippen molar-refractivity contribution >= 4 is 11.4 Å². The molecule has 9 heavy (non-hydrogen) atoms. The minimum Gasteiger partial charge on any atom is -0.598 e. The molecule has 0 saturated heterocycles. The van der Waals surface area contributed by atoms with Crippen molar-refractivity contribution in [2.45, 2.75) is 12.6 Å². The fourth-order valence-electron chi connectivity index (χ4n) is 0.216. The first-order valence-electron chi connectivity index (χ1n) is 2.11. The summed E-state index contributed by atoms with van der Waals surface area (Å²) in [5, 5.41) is 4.57. The van der Waals surface area contributed by atoms with Crippen LogP contribution in [0.3, 0.4) is 0 Å². The van der Waals surface area contributed by atoms with Crippen molar-refractivity contribution in [3.63, 3.8) is 0 Å². The summed E-state index contributed by atoms with van der Waals surface area (Å²) in [5.74, 6) is -0.510. The fourth-order valence-corrected chi connectivity index (χ4v) is 0.649. The van der Waals surface area contributed by atoms with Gasteiger partial charge in [0, 0.05) is 11.4 Å². The molecule has 0 heterocycles. The second-order valence-corrected chi connectivity index (χ2v) is 2.62. The molecule has 56 valence electrons. The summed E-state index contributed by atoms with van der Waals surface area (Å²) < 4.78 is 43.6. The quantitative estimate of drug-likeness (QED) is 0.601. The van der Waals surface area contributed by atoms with Crippen LogP contribution < -0.4 is 5.14 Å². The first kappa shape index (κ1) is 9.06. The van der Waals surface area contributed by atoms with Gasteiger partial charge in [-0.05, 0) is 0 Å². The molecule has 0 radical (unpaired) electrons. The number of rotatable bonds is 2. The van der Waals surface area contributed by atoms with Crippen LogP contribution in [0, 0.1) is 0 Å². The highest BCUT2D eigenvalue weighted by Crippen LogP contribution is 2.19. The molecule has 0 rings (SSSR count). The Balaban J connectivity index is 3.28. The number of hydrogen-bond acceptors (Lipinski definition) is 2. The molecule has 0 fully saturated rings. The first-order valence-corrected chi connectivity index (χ1v) is 3.49. The molecule has 1 unspecified atom stereocenters. The fraction of sp³-hybridized carbons (Fsp3) is 1.00. The molecule has 0 aromatic rings. The highest BCUT2D eigenvalue weighted by molar-refractivity contribution is 7.89. The molecule has 2 nitrogen and oxygen atoms in total. The maximum Gasteiger partial charge on any atom is 0.393 e. The summed E-state index contributed by atoms with van der Waals surface area (Å²) in [6, 6.07) is 0. The third kappa shape index (κ3) is 8.06. The van der Waals surface area contributed by atoms with Gasteiger partial charge < -0.3 is 4.55 Å². The Labute approximate surface area is 53.5 Å². The minimum absolute atomic E-state index is 0.510. The van der Waals surface area contributed by atoms with Crippen LogP contribution in [0.25, 0.3) is 0 Å². The summed E-state index contributed by atoms with van der Waals surface area (Å²) in [4.78, 5) is 0. The van der Waals surface area contributed by atoms with Gasteiger partial charge in [0.05, 0.1) is 6.42 Å². The van der Waals surface area contributed by atoms with Gasteiger partial charge in [-0.2, -0.15) is 18.3 Å². The molecular weight excluding hydrogens is 155 g/mol. The standard InChI is InChI=1S/C3H6F3NOS/c4-3(5,6)1-2-9(7)8/h1-2,7H2. The van der Waals surface area contributed by atoms with Crippen LogP contribution in [-0.4, -0.2) is 16.5 Å². The van der Waals surface area contributed by atoms with Gasteiger partial charge in [-0.3, -0.25) is 0 Å². The molecule has 0 bridgehead atoms. The Morgan fingerprint density at radius 3 is 2.00 bits per heavy atom. The molecule has 0 amide bonds. The van der Waals surface area contributed by atoms with E-state index >= 15 is 0 Å². The number of nitrogens with two attached hydrogens (primary N) is 1. The Bertz CT molecular complexity index is 83.6. The highest BCUT2D eigenvalue weighted by atomic mass is 32.2. The summed E-state index contributed by atoms with van der Waals surface area (Å²) in [6.07, 6.45) is -5.31. The molecule has 1 atom stereocenters. The molecule has 2 N–H and O–H groups in total. The van der Waals surface area contributed by atoms with Crippen LogP contribution in [-0.2, 0) is 11.4 Å². The average Bonchev–Trinajstić information content (AvgIpc) is 1.59. The molecule has 0 aliphatic rings. The third-order valence-corrected chi connectivity index (χ3v) is 1.19. The lowest BCUT2D eigenvalue weighted by Gasteiger charge is -2.05. The van der Waals surface area contributed by atoms with Gasteiger partial charge in [-0.25, -0.2) is 0 Å². The monoisotopic (exact) mass is 161 g/mol. The molecule has 0 aromatic heterocycles. The van der Waals surface area contributed by atoms with Crippen LogP contribution in [0.1, 0.15) is 6.42 Å². The van der Waals surface area contributed by atoms with Crippen molar-refractivity contribution < 1.29 is 17.7 Å². The van der Waals surface area contributed by atoms with E-state index in [0.29, 0.717) is 0 Å². The topological polar surface area (TPSA) is 49.1 Å². The maximum atomic E-state index is 11.2. The molecule has 0 aliphatic carbocycles. The van der Waals surface area contributed by atoms with Gasteiger partial charge in [0.15, 0.2) is 0 Å². The maximum absolute atomic E-state index is 11.2. The zero-order valence-corrected chi connectivity index (χ0v) is 5.26. The van der Waals surface area contributed by atoms with Crippen molar-refractivity contribution in [3.05, 3.63) is 0 Å². The van der Waals surface area contributed by atoms with E-state index in [9.17, 15) is 17.7 Å². The van der Waals surface area contributed by atoms with Gasteiger partial charge in [0.25, 0.3) is 0 Å². The predicted octanol–water partition coefficient (Wildman–Crippen LogP) is 0.561. The van der Waals surface area contributed by atoms with E-state index in [1.807, 2.05) is 0 Å². The summed E-state index contributed by atoms with van der Waals surface area (Å²) in [7, 11) is 0. The lowest BCUT2D eigenvalue weighted by atomic mass is 10.5. The average molecular weight is 161 g/mol. The van der Waals surface area contributed by atoms with Gasteiger partial charge in [0.2, 0.25) is 0 Å². The van der Waals surface area contributed by atoms with E-state index in [1.54, 1.807) is 0 Å². The third-order valence-electron chi connectivity index (χ3n) is 0.587. The highest BCUT2D eigenvalue weighted by Gasteiger charge is 2.28. The van der Waals surface area contributed by atoms with Crippen molar-refractivity contribution in [1.82, 2.24) is 0 Å². The van der Waals surface area contributed by atoms with Gasteiger partial charge in [-0.1, -0.05) is 0 Å². The van der Waals surface area contributed by atoms with Gasteiger partial charge >= 0.3 is 6.18 Å². The minimum atomic E-state index is -4.24. The summed E-state index contributed by atoms with van der Waals surface area (Å²) in [6.45, 7) is 0. The zero-order chi connectivity index (χ0) is 7.49. The Morgan fingerprint density at radius 1 is 1.44 bits per heavy atom. The Hall–Kier alpha value is 0.0600. The van der Waals surface area contributed by atoms with Gasteiger partial charge in [0.1, 0.15) is 5.75 Å². The van der Waals surface area contributed by atoms with Crippen LogP contribution in [0.4, 0.5) is 13.2 Å². The Morgan fingerprint density at radius 2 is 1.89 bits per heavy atom. The number of alkyl halides is 3. The van der Waals surface area contributed by atoms with Crippen molar-refractivity contribution in [2.75, 3.05) is 5.75 Å². The van der Waals surface area contributed by atoms with E-state index in [0.717, 1.165) is 0 Å². The van der Waals surface area contributed by atoms with E-state index in [4.69, 9.17) is 0 Å². The van der Waals surface area contributed by atoms with Crippen LogP contribution >= 0.6 is 0 Å². The predicted molar refractivity (Wildman–Crippen MR) is 27.9 cm³/mol.